The minimum absolute atomic E-state index is 0.0344. The number of H-pyrrole nitrogens is 1. The van der Waals surface area contributed by atoms with Gasteiger partial charge in [-0.1, -0.05) is 111 Å². The quantitative estimate of drug-likeness (QED) is 0.0277. The number of ketones is 2. The number of Topliss-reactive ketones (excluding diaryl/α,β-unsaturated/α-hetero) is 2. The highest BCUT2D eigenvalue weighted by molar-refractivity contribution is 9.25. The van der Waals surface area contributed by atoms with Crippen molar-refractivity contribution in [3.05, 3.63) is 160 Å². The van der Waals surface area contributed by atoms with E-state index in [9.17, 15) is 59.9 Å². The van der Waals surface area contributed by atoms with Crippen LogP contribution in [0.5, 0.6) is 0 Å². The molecule has 2 aromatic carbocycles. The average Bonchev–Trinajstić information content (AvgIpc) is 0.926. The van der Waals surface area contributed by atoms with Crippen molar-refractivity contribution in [1.82, 2.24) is 43.6 Å². The van der Waals surface area contributed by atoms with Gasteiger partial charge in [0.1, 0.15) is 80.4 Å². The van der Waals surface area contributed by atoms with Gasteiger partial charge in [0.15, 0.2) is 5.78 Å². The van der Waals surface area contributed by atoms with Gasteiger partial charge >= 0.3 is 24.1 Å². The topological polar surface area (TPSA) is 279 Å². The monoisotopic (exact) mass is 1710 g/mol. The maximum Gasteiger partial charge on any atom is 0.452 e. The summed E-state index contributed by atoms with van der Waals surface area (Å²) in [6, 6.07) is 10.7. The van der Waals surface area contributed by atoms with Crippen LogP contribution in [0.3, 0.4) is 0 Å². The smallest absolute Gasteiger partial charge is 0.452 e. The lowest BCUT2D eigenvalue weighted by Crippen LogP contribution is -2.27. The highest BCUT2D eigenvalue weighted by Gasteiger charge is 2.41. The van der Waals surface area contributed by atoms with E-state index in [2.05, 4.69) is 79.6 Å². The Morgan fingerprint density at radius 3 is 1.50 bits per heavy atom. The second-order valence-corrected chi connectivity index (χ2v) is 33.9. The standard InChI is InChI=1S/C32H31F3N4O2.C15H24N2O2.C9H12N2O2.C9H14N2.C6H11BrO2.C6H10O.C3HBr2F3O/c1-19-17-39(32(38-19)21-5-2-3-6-21)18-26(40)14-23(11-20-12-24(33)16-25(34)13-20)30-27(7-4-10-37-30)22-8-9-29(35)28(15-22)31(36)41;1-11-9-17(10-13(18)19-15(2,3)4)14(16-11)12-7-5-6-8-12;1-6-4-11(5-8(12)13)9(10-6)7-2-3-7;1-7-6-10-9(11-7)8-4-2-3-5-8;1-6(2,3)9-5(8)4-7;7-5-6-3-1-2-4-6;4-2(5)1(9)3(6,7)8/h4,7-10,12-13,15-17,21,23H,2-3,5-6,11,14,18H2,1H3,(H2,36,41);9,12H,5-8,10H2,1-4H3;4,7H,2-3,5H2,1H3,(H,12,13);6,8H,2-5H2,1H3,(H,10,11);4H2,1-3H3;5-6H,1-4H2;2H/t23-;;;;;;/m1....../s1. The highest BCUT2D eigenvalue weighted by Crippen LogP contribution is 2.40. The number of carboxylic acids is 1. The molecule has 7 aromatic rings. The number of aliphatic carboxylic acids is 1. The number of nitrogens with one attached hydrogen (secondary N) is 1. The molecule has 5 heterocycles. The molecule has 20 nitrogen and oxygen atoms in total. The van der Waals surface area contributed by atoms with Crippen molar-refractivity contribution >= 4 is 89.5 Å². The van der Waals surface area contributed by atoms with Crippen LogP contribution in [0.1, 0.15) is 261 Å². The van der Waals surface area contributed by atoms with Crippen molar-refractivity contribution in [3.8, 4) is 11.1 Å². The van der Waals surface area contributed by atoms with E-state index in [0.29, 0.717) is 46.1 Å². The summed E-state index contributed by atoms with van der Waals surface area (Å²) in [5.74, 6) is -0.186. The third-order valence-electron chi connectivity index (χ3n) is 18.2. The Balaban J connectivity index is 0.000000225. The number of benzene rings is 2. The van der Waals surface area contributed by atoms with Crippen LogP contribution in [0.25, 0.3) is 11.1 Å². The highest BCUT2D eigenvalue weighted by atomic mass is 79.9. The molecule has 0 spiro atoms. The number of hydrogen-bond donors (Lipinski definition) is 3. The number of nitrogens with zero attached hydrogens (tertiary/aromatic N) is 8. The number of aromatic nitrogens is 9. The van der Waals surface area contributed by atoms with Crippen LogP contribution in [-0.4, -0.2) is 117 Å². The maximum atomic E-state index is 14.2. The molecule has 0 bridgehead atoms. The molecule has 109 heavy (non-hydrogen) atoms. The van der Waals surface area contributed by atoms with Crippen LogP contribution < -0.4 is 5.73 Å². The molecule has 0 aliphatic heterocycles. The number of aldehydes is 1. The molecule has 5 aromatic heterocycles. The number of pyridine rings is 1. The van der Waals surface area contributed by atoms with Crippen LogP contribution in [0.4, 0.5) is 26.3 Å². The number of imidazole rings is 4. The number of carbonyl (C=O) groups is 7. The van der Waals surface area contributed by atoms with Gasteiger partial charge in [-0.25, -0.2) is 33.1 Å². The largest absolute Gasteiger partial charge is 0.480 e. The fraction of sp³-hybridized carbons (Fsp3) is 0.550. The molecule has 5 aliphatic rings. The van der Waals surface area contributed by atoms with Gasteiger partial charge < -0.3 is 43.8 Å². The van der Waals surface area contributed by atoms with E-state index in [1.165, 1.54) is 100.0 Å². The first-order valence-electron chi connectivity index (χ1n) is 37.0. The maximum absolute atomic E-state index is 14.2. The normalized spacial score (nSPS) is 15.6. The van der Waals surface area contributed by atoms with Gasteiger partial charge in [0.05, 0.1) is 34.9 Å². The second kappa shape index (κ2) is 42.7. The van der Waals surface area contributed by atoms with Gasteiger partial charge in [0.2, 0.25) is 0 Å². The number of carbonyl (C=O) groups excluding carboxylic acids is 6. The number of alkyl halides is 6. The third kappa shape index (κ3) is 31.2. The number of esters is 2. The number of nitrogens with two attached hydrogens (primary N) is 1. The summed E-state index contributed by atoms with van der Waals surface area (Å²) in [7, 11) is 0. The van der Waals surface area contributed by atoms with Crippen LogP contribution >= 0.6 is 47.8 Å². The minimum atomic E-state index is -4.75. The summed E-state index contributed by atoms with van der Waals surface area (Å²) in [5.41, 5.74) is 10.1. The molecule has 1 amide bonds. The van der Waals surface area contributed by atoms with Crippen LogP contribution in [-0.2, 0) is 64.3 Å². The number of aryl methyl sites for hydroxylation is 4. The molecule has 0 saturated heterocycles. The van der Waals surface area contributed by atoms with Crippen LogP contribution in [0.2, 0.25) is 0 Å². The Morgan fingerprint density at radius 1 is 0.633 bits per heavy atom. The molecule has 4 N–H and O–H groups in total. The Bertz CT molecular complexity index is 4110. The van der Waals surface area contributed by atoms with E-state index in [4.69, 9.17) is 25.3 Å². The van der Waals surface area contributed by atoms with E-state index in [0.717, 1.165) is 110 Å². The van der Waals surface area contributed by atoms with Crippen molar-refractivity contribution in [2.24, 2.45) is 11.7 Å². The number of carboxylic acid groups (broad SMARTS) is 1. The molecular weight excluding hydrogens is 1610 g/mol. The zero-order chi connectivity index (χ0) is 80.5. The molecule has 29 heteroatoms. The Morgan fingerprint density at radius 2 is 1.10 bits per heavy atom. The van der Waals surface area contributed by atoms with Crippen LogP contribution in [0, 0.1) is 51.1 Å². The molecule has 0 unspecified atom stereocenters. The molecule has 12 rings (SSSR count). The van der Waals surface area contributed by atoms with E-state index in [1.807, 2.05) is 96.2 Å². The van der Waals surface area contributed by atoms with Gasteiger partial charge in [-0.05, 0) is 181 Å². The van der Waals surface area contributed by atoms with Crippen molar-refractivity contribution in [3.63, 3.8) is 0 Å². The lowest BCUT2D eigenvalue weighted by molar-refractivity contribution is -0.168. The number of hydrogen-bond acceptors (Lipinski definition) is 14. The lowest BCUT2D eigenvalue weighted by Gasteiger charge is -2.21. The van der Waals surface area contributed by atoms with Crippen molar-refractivity contribution in [1.29, 1.82) is 0 Å². The summed E-state index contributed by atoms with van der Waals surface area (Å²) in [4.78, 5) is 104. The SMILES string of the molecule is CC(C)(C)OC(=O)CBr.Cc1cn(CC(=O)C[C@@H](Cc2cc(F)cc(F)c2)c2ncccc2-c2ccc(F)c(C(N)=O)c2)c(C2CCCC2)n1.Cc1cn(CC(=O)O)c(C2CC2)n1.Cc1cn(CC(=O)OC(C)(C)C)c(C2CCCC2)n1.Cc1cnc(C2CCCC2)[nH]1.O=C(C(Br)Br)C(F)(F)F.O=CC1CCCC1. The summed E-state index contributed by atoms with van der Waals surface area (Å²) in [6.45, 7) is 19.5. The van der Waals surface area contributed by atoms with E-state index in [-0.39, 0.29) is 66.7 Å². The predicted octanol–water partition coefficient (Wildman–Crippen LogP) is 18.5. The number of ether oxygens (including phenoxy) is 2. The number of halogens is 9. The minimum Gasteiger partial charge on any atom is -0.480 e. The van der Waals surface area contributed by atoms with Crippen molar-refractivity contribution < 1.29 is 74.5 Å². The van der Waals surface area contributed by atoms with E-state index in [1.54, 1.807) is 22.9 Å². The van der Waals surface area contributed by atoms with Crippen LogP contribution in [0.15, 0.2) is 79.5 Å². The number of amides is 1. The Labute approximate surface area is 659 Å². The van der Waals surface area contributed by atoms with Crippen molar-refractivity contribution in [2.45, 2.75) is 268 Å². The molecule has 5 fully saturated rings. The summed E-state index contributed by atoms with van der Waals surface area (Å²) >= 11 is 7.84. The molecule has 5 saturated carbocycles. The summed E-state index contributed by atoms with van der Waals surface area (Å²) in [6.07, 6.45) is 27.4. The number of rotatable bonds is 20. The first-order valence-corrected chi connectivity index (χ1v) is 39.9. The predicted molar refractivity (Wildman–Crippen MR) is 414 cm³/mol. The zero-order valence-electron chi connectivity index (χ0n) is 63.8. The molecule has 1 atom stereocenters. The molecule has 596 valence electrons. The van der Waals surface area contributed by atoms with Gasteiger partial charge in [-0.3, -0.25) is 33.8 Å². The second-order valence-electron chi connectivity index (χ2n) is 30.2. The molecule has 5 aliphatic carbocycles. The first-order chi connectivity index (χ1) is 51.3. The number of primary amides is 1. The van der Waals surface area contributed by atoms with Gasteiger partial charge in [0, 0.05) is 90.2 Å². The zero-order valence-corrected chi connectivity index (χ0v) is 68.5. The van der Waals surface area contributed by atoms with E-state index < -0.39 is 56.5 Å². The third-order valence-corrected chi connectivity index (χ3v) is 19.5. The summed E-state index contributed by atoms with van der Waals surface area (Å²) in [5, 5.41) is 8.92. The van der Waals surface area contributed by atoms with Gasteiger partial charge in [-0.2, -0.15) is 13.2 Å². The average molecular weight is 1720 g/mol. The fourth-order valence-electron chi connectivity index (χ4n) is 13.5. The Hall–Kier alpha value is -7.66. The Kier molecular flexibility index (Phi) is 35.3. The van der Waals surface area contributed by atoms with E-state index >= 15 is 0 Å². The van der Waals surface area contributed by atoms with Gasteiger partial charge in [-0.15, -0.1) is 0 Å². The summed E-state index contributed by atoms with van der Waals surface area (Å²) < 4.78 is 90.9. The van der Waals surface area contributed by atoms with Gasteiger partial charge in [0.25, 0.3) is 11.7 Å². The number of aromatic amines is 1. The lowest BCUT2D eigenvalue weighted by atomic mass is 9.86. The first kappa shape index (κ1) is 90.2. The fourth-order valence-corrected chi connectivity index (χ4v) is 14.2. The van der Waals surface area contributed by atoms with Crippen molar-refractivity contribution in [2.75, 3.05) is 5.33 Å². The molecular formula is C80H103Br3F6N10O10. The molecule has 0 radical (unpaired) electrons.